The first-order valence-electron chi connectivity index (χ1n) is 6.31. The molecule has 3 N–H and O–H groups in total. The van der Waals surface area contributed by atoms with Crippen LogP contribution in [0.3, 0.4) is 0 Å². The summed E-state index contributed by atoms with van der Waals surface area (Å²) in [6.07, 6.45) is 1.01. The van der Waals surface area contributed by atoms with Gasteiger partial charge in [0.1, 0.15) is 0 Å². The second kappa shape index (κ2) is 5.58. The van der Waals surface area contributed by atoms with Crippen molar-refractivity contribution in [1.82, 2.24) is 0 Å². The zero-order valence-corrected chi connectivity index (χ0v) is 11.0. The Kier molecular flexibility index (Phi) is 3.88. The van der Waals surface area contributed by atoms with Gasteiger partial charge in [-0.15, -0.1) is 0 Å². The largest absolute Gasteiger partial charge is 0.397 e. The van der Waals surface area contributed by atoms with Gasteiger partial charge in [0, 0.05) is 6.54 Å². The number of benzene rings is 2. The van der Waals surface area contributed by atoms with E-state index in [4.69, 9.17) is 5.73 Å². The van der Waals surface area contributed by atoms with Crippen molar-refractivity contribution < 1.29 is 0 Å². The molecule has 0 heterocycles. The SMILES string of the molecule is Cc1cccc(CCNc2cccc(C)c2N)c1. The number of nitrogens with two attached hydrogens (primary N) is 1. The van der Waals surface area contributed by atoms with E-state index in [2.05, 4.69) is 36.5 Å². The smallest absolute Gasteiger partial charge is 0.0579 e. The third kappa shape index (κ3) is 3.04. The zero-order chi connectivity index (χ0) is 13.0. The summed E-state index contributed by atoms with van der Waals surface area (Å²) < 4.78 is 0. The Labute approximate surface area is 109 Å². The molecule has 2 aromatic rings. The molecule has 2 nitrogen and oxygen atoms in total. The summed E-state index contributed by atoms with van der Waals surface area (Å²) >= 11 is 0. The Morgan fingerprint density at radius 2 is 1.83 bits per heavy atom. The molecule has 0 aliphatic carbocycles. The summed E-state index contributed by atoms with van der Waals surface area (Å²) in [5, 5.41) is 3.40. The Morgan fingerprint density at radius 1 is 1.06 bits per heavy atom. The van der Waals surface area contributed by atoms with Crippen LogP contribution in [0.2, 0.25) is 0 Å². The van der Waals surface area contributed by atoms with Gasteiger partial charge < -0.3 is 11.1 Å². The van der Waals surface area contributed by atoms with E-state index in [-0.39, 0.29) is 0 Å². The van der Waals surface area contributed by atoms with Gasteiger partial charge in [0.2, 0.25) is 0 Å². The van der Waals surface area contributed by atoms with Gasteiger partial charge in [0.05, 0.1) is 11.4 Å². The quantitative estimate of drug-likeness (QED) is 0.802. The van der Waals surface area contributed by atoms with Crippen molar-refractivity contribution in [3.63, 3.8) is 0 Å². The molecule has 0 amide bonds. The molecule has 0 aromatic heterocycles. The minimum absolute atomic E-state index is 0.849. The maximum absolute atomic E-state index is 6.02. The van der Waals surface area contributed by atoms with Crippen molar-refractivity contribution in [2.45, 2.75) is 20.3 Å². The van der Waals surface area contributed by atoms with Gasteiger partial charge in [-0.3, -0.25) is 0 Å². The minimum atomic E-state index is 0.849. The Bertz CT molecular complexity index is 532. The van der Waals surface area contributed by atoms with Crippen LogP contribution >= 0.6 is 0 Å². The van der Waals surface area contributed by atoms with Gasteiger partial charge in [-0.25, -0.2) is 0 Å². The summed E-state index contributed by atoms with van der Waals surface area (Å²) in [4.78, 5) is 0. The molecule has 2 rings (SSSR count). The van der Waals surface area contributed by atoms with Crippen LogP contribution in [0.25, 0.3) is 0 Å². The average molecular weight is 240 g/mol. The number of nitrogens with one attached hydrogen (secondary N) is 1. The molecule has 0 bridgehead atoms. The summed E-state index contributed by atoms with van der Waals surface area (Å²) in [6, 6.07) is 14.7. The van der Waals surface area contributed by atoms with Crippen LogP contribution in [0.15, 0.2) is 42.5 Å². The second-order valence-electron chi connectivity index (χ2n) is 4.70. The monoisotopic (exact) mass is 240 g/mol. The molecular weight excluding hydrogens is 220 g/mol. The predicted molar refractivity (Wildman–Crippen MR) is 79.0 cm³/mol. The highest BCUT2D eigenvalue weighted by molar-refractivity contribution is 5.69. The van der Waals surface area contributed by atoms with Gasteiger partial charge in [-0.1, -0.05) is 42.0 Å². The molecule has 0 atom stereocenters. The van der Waals surface area contributed by atoms with E-state index >= 15 is 0 Å². The summed E-state index contributed by atoms with van der Waals surface area (Å²) in [5.41, 5.74) is 11.7. The van der Waals surface area contributed by atoms with Crippen LogP contribution in [0.4, 0.5) is 11.4 Å². The lowest BCUT2D eigenvalue weighted by atomic mass is 10.1. The van der Waals surface area contributed by atoms with Gasteiger partial charge in [-0.05, 0) is 37.5 Å². The fourth-order valence-corrected chi connectivity index (χ4v) is 2.04. The maximum Gasteiger partial charge on any atom is 0.0579 e. The third-order valence-electron chi connectivity index (χ3n) is 3.14. The van der Waals surface area contributed by atoms with Crippen LogP contribution in [0.1, 0.15) is 16.7 Å². The Hall–Kier alpha value is -1.96. The molecule has 0 spiro atoms. The van der Waals surface area contributed by atoms with Crippen molar-refractivity contribution in [3.05, 3.63) is 59.2 Å². The molecule has 0 unspecified atom stereocenters. The number of rotatable bonds is 4. The summed E-state index contributed by atoms with van der Waals surface area (Å²) in [5.74, 6) is 0. The number of anilines is 2. The van der Waals surface area contributed by atoms with E-state index in [1.807, 2.05) is 25.1 Å². The fraction of sp³-hybridized carbons (Fsp3) is 0.250. The molecule has 2 heteroatoms. The fourth-order valence-electron chi connectivity index (χ4n) is 2.04. The first-order valence-corrected chi connectivity index (χ1v) is 6.31. The molecule has 0 aliphatic rings. The van der Waals surface area contributed by atoms with E-state index < -0.39 is 0 Å². The topological polar surface area (TPSA) is 38.0 Å². The molecular formula is C16H20N2. The van der Waals surface area contributed by atoms with E-state index in [1.54, 1.807) is 0 Å². The van der Waals surface area contributed by atoms with E-state index in [9.17, 15) is 0 Å². The molecule has 2 aromatic carbocycles. The maximum atomic E-state index is 6.02. The van der Waals surface area contributed by atoms with E-state index in [1.165, 1.54) is 11.1 Å². The number of hydrogen-bond donors (Lipinski definition) is 2. The second-order valence-corrected chi connectivity index (χ2v) is 4.70. The van der Waals surface area contributed by atoms with Crippen LogP contribution in [-0.2, 0) is 6.42 Å². The minimum Gasteiger partial charge on any atom is -0.397 e. The summed E-state index contributed by atoms with van der Waals surface area (Å²) in [6.45, 7) is 5.05. The van der Waals surface area contributed by atoms with E-state index in [0.717, 1.165) is 29.9 Å². The number of para-hydroxylation sites is 1. The number of nitrogen functional groups attached to an aromatic ring is 1. The molecule has 0 saturated carbocycles. The lowest BCUT2D eigenvalue weighted by molar-refractivity contribution is 1.02. The molecule has 0 fully saturated rings. The van der Waals surface area contributed by atoms with Gasteiger partial charge in [0.25, 0.3) is 0 Å². The van der Waals surface area contributed by atoms with Gasteiger partial charge in [-0.2, -0.15) is 0 Å². The lowest BCUT2D eigenvalue weighted by Gasteiger charge is -2.11. The van der Waals surface area contributed by atoms with Gasteiger partial charge >= 0.3 is 0 Å². The van der Waals surface area contributed by atoms with Crippen LogP contribution in [-0.4, -0.2) is 6.54 Å². The number of hydrogen-bond acceptors (Lipinski definition) is 2. The highest BCUT2D eigenvalue weighted by Gasteiger charge is 2.00. The summed E-state index contributed by atoms with van der Waals surface area (Å²) in [7, 11) is 0. The third-order valence-corrected chi connectivity index (χ3v) is 3.14. The Morgan fingerprint density at radius 3 is 2.61 bits per heavy atom. The van der Waals surface area contributed by atoms with Crippen molar-refractivity contribution in [2.24, 2.45) is 0 Å². The highest BCUT2D eigenvalue weighted by Crippen LogP contribution is 2.21. The van der Waals surface area contributed by atoms with Crippen LogP contribution < -0.4 is 11.1 Å². The highest BCUT2D eigenvalue weighted by atomic mass is 14.9. The first kappa shape index (κ1) is 12.5. The zero-order valence-electron chi connectivity index (χ0n) is 11.0. The molecule has 94 valence electrons. The first-order chi connectivity index (χ1) is 8.66. The molecule has 18 heavy (non-hydrogen) atoms. The van der Waals surface area contributed by atoms with E-state index in [0.29, 0.717) is 0 Å². The normalized spacial score (nSPS) is 10.3. The van der Waals surface area contributed by atoms with Gasteiger partial charge in [0.15, 0.2) is 0 Å². The van der Waals surface area contributed by atoms with Crippen LogP contribution in [0, 0.1) is 13.8 Å². The number of aryl methyl sites for hydroxylation is 2. The van der Waals surface area contributed by atoms with Crippen LogP contribution in [0.5, 0.6) is 0 Å². The standard InChI is InChI=1S/C16H20N2/c1-12-5-3-7-14(11-12)9-10-18-15-8-4-6-13(2)16(15)17/h3-8,11,18H,9-10,17H2,1-2H3. The predicted octanol–water partition coefficient (Wildman–Crippen LogP) is 3.54. The van der Waals surface area contributed by atoms with Crippen molar-refractivity contribution >= 4 is 11.4 Å². The lowest BCUT2D eigenvalue weighted by Crippen LogP contribution is -2.07. The Balaban J connectivity index is 1.94. The van der Waals surface area contributed by atoms with Crippen molar-refractivity contribution in [2.75, 3.05) is 17.6 Å². The van der Waals surface area contributed by atoms with Crippen molar-refractivity contribution in [3.8, 4) is 0 Å². The molecule has 0 radical (unpaired) electrons. The molecule has 0 saturated heterocycles. The average Bonchev–Trinajstić information content (AvgIpc) is 2.35. The molecule has 0 aliphatic heterocycles. The van der Waals surface area contributed by atoms with Crippen molar-refractivity contribution in [1.29, 1.82) is 0 Å².